The van der Waals surface area contributed by atoms with E-state index in [4.69, 9.17) is 5.10 Å². The van der Waals surface area contributed by atoms with E-state index in [-0.39, 0.29) is 11.9 Å². The maximum Gasteiger partial charge on any atom is 0.245 e. The number of hydrogen-bond donors (Lipinski definition) is 2. The highest BCUT2D eigenvalue weighted by Gasteiger charge is 2.36. The van der Waals surface area contributed by atoms with Gasteiger partial charge in [0.2, 0.25) is 5.91 Å². The van der Waals surface area contributed by atoms with Crippen LogP contribution in [0.25, 0.3) is 11.1 Å². The van der Waals surface area contributed by atoms with Gasteiger partial charge in [0.25, 0.3) is 0 Å². The van der Waals surface area contributed by atoms with E-state index >= 15 is 0 Å². The number of rotatable bonds is 6. The van der Waals surface area contributed by atoms with Crippen LogP contribution in [0.1, 0.15) is 47.8 Å². The molecule has 5 heteroatoms. The first-order chi connectivity index (χ1) is 16.6. The van der Waals surface area contributed by atoms with E-state index in [2.05, 4.69) is 60.9 Å². The molecule has 0 unspecified atom stereocenters. The van der Waals surface area contributed by atoms with Gasteiger partial charge in [0.15, 0.2) is 0 Å². The van der Waals surface area contributed by atoms with E-state index in [0.29, 0.717) is 13.0 Å². The van der Waals surface area contributed by atoms with E-state index in [0.717, 1.165) is 34.6 Å². The average molecular weight is 451 g/mol. The van der Waals surface area contributed by atoms with Gasteiger partial charge < -0.3 is 10.6 Å². The predicted octanol–water partition coefficient (Wildman–Crippen LogP) is 5.84. The van der Waals surface area contributed by atoms with Crippen molar-refractivity contribution in [3.8, 4) is 11.1 Å². The van der Waals surface area contributed by atoms with Gasteiger partial charge >= 0.3 is 0 Å². The standard InChI is InChI=1S/C29H30N4O/c1-3-24-27(23-12-8-5-9-13-23)28-31-25(22-16-14-20(2)15-17-22)18-26(33(28)32-24)29(34)30-19-21-10-6-4-7-11-21/h4-17,25-26,31H,3,18-19H2,1-2H3,(H,30,34)/t25-,26-/m0/s1. The van der Waals surface area contributed by atoms with Gasteiger partial charge in [-0.1, -0.05) is 97.4 Å². The molecule has 0 fully saturated rings. The fourth-order valence-corrected chi connectivity index (χ4v) is 4.69. The van der Waals surface area contributed by atoms with Crippen LogP contribution < -0.4 is 10.6 Å². The molecule has 5 nitrogen and oxygen atoms in total. The Kier molecular flexibility index (Phi) is 6.17. The lowest BCUT2D eigenvalue weighted by Crippen LogP contribution is -2.38. The van der Waals surface area contributed by atoms with Crippen molar-refractivity contribution in [3.63, 3.8) is 0 Å². The van der Waals surface area contributed by atoms with E-state index in [9.17, 15) is 4.79 Å². The van der Waals surface area contributed by atoms with Crippen molar-refractivity contribution in [3.05, 3.63) is 107 Å². The Labute approximate surface area is 200 Å². The second kappa shape index (κ2) is 9.56. The molecule has 0 radical (unpaired) electrons. The minimum Gasteiger partial charge on any atom is -0.363 e. The number of hydrogen-bond acceptors (Lipinski definition) is 3. The van der Waals surface area contributed by atoms with Crippen molar-refractivity contribution >= 4 is 11.7 Å². The maximum absolute atomic E-state index is 13.5. The van der Waals surface area contributed by atoms with Crippen molar-refractivity contribution in [2.24, 2.45) is 0 Å². The smallest absolute Gasteiger partial charge is 0.245 e. The van der Waals surface area contributed by atoms with Crippen LogP contribution in [0.3, 0.4) is 0 Å². The molecule has 2 heterocycles. The minimum atomic E-state index is -0.394. The van der Waals surface area contributed by atoms with Crippen molar-refractivity contribution < 1.29 is 4.79 Å². The first kappa shape index (κ1) is 22.0. The number of aryl methyl sites for hydroxylation is 2. The topological polar surface area (TPSA) is 59.0 Å². The van der Waals surface area contributed by atoms with Gasteiger partial charge in [-0.15, -0.1) is 0 Å². The number of aromatic nitrogens is 2. The van der Waals surface area contributed by atoms with Gasteiger partial charge in [0.1, 0.15) is 11.9 Å². The Morgan fingerprint density at radius 2 is 1.68 bits per heavy atom. The van der Waals surface area contributed by atoms with E-state index in [1.807, 2.05) is 53.2 Å². The van der Waals surface area contributed by atoms with Crippen molar-refractivity contribution in [2.45, 2.75) is 45.3 Å². The highest BCUT2D eigenvalue weighted by molar-refractivity contribution is 5.85. The molecule has 2 N–H and O–H groups in total. The first-order valence-electron chi connectivity index (χ1n) is 12.0. The van der Waals surface area contributed by atoms with Crippen LogP contribution in [-0.4, -0.2) is 15.7 Å². The van der Waals surface area contributed by atoms with Gasteiger partial charge in [0, 0.05) is 18.5 Å². The van der Waals surface area contributed by atoms with Crippen molar-refractivity contribution in [2.75, 3.05) is 5.32 Å². The molecule has 3 aromatic carbocycles. The summed E-state index contributed by atoms with van der Waals surface area (Å²) in [4.78, 5) is 13.5. The highest BCUT2D eigenvalue weighted by atomic mass is 16.2. The molecule has 1 aromatic heterocycles. The van der Waals surface area contributed by atoms with Gasteiger partial charge in [-0.2, -0.15) is 5.10 Å². The Morgan fingerprint density at radius 3 is 2.35 bits per heavy atom. The monoisotopic (exact) mass is 450 g/mol. The normalized spacial score (nSPS) is 17.0. The third-order valence-electron chi connectivity index (χ3n) is 6.54. The number of benzene rings is 3. The molecule has 0 saturated carbocycles. The molecule has 4 aromatic rings. The quantitative estimate of drug-likeness (QED) is 0.388. The SMILES string of the molecule is CCc1nn2c(c1-c1ccccc1)N[C@H](c1ccc(C)cc1)C[C@H]2C(=O)NCc1ccccc1. The molecule has 172 valence electrons. The van der Waals surface area contributed by atoms with Gasteiger partial charge in [-0.3, -0.25) is 4.79 Å². The Bertz CT molecular complexity index is 1260. The molecule has 0 bridgehead atoms. The van der Waals surface area contributed by atoms with Gasteiger partial charge in [0.05, 0.1) is 11.7 Å². The van der Waals surface area contributed by atoms with E-state index in [1.54, 1.807) is 0 Å². The summed E-state index contributed by atoms with van der Waals surface area (Å²) in [5.41, 5.74) is 6.68. The summed E-state index contributed by atoms with van der Waals surface area (Å²) in [5.74, 6) is 0.910. The first-order valence-corrected chi connectivity index (χ1v) is 12.0. The summed E-state index contributed by atoms with van der Waals surface area (Å²) >= 11 is 0. The van der Waals surface area contributed by atoms with Crippen LogP contribution in [0.4, 0.5) is 5.82 Å². The lowest BCUT2D eigenvalue weighted by Gasteiger charge is -2.32. The van der Waals surface area contributed by atoms with Gasteiger partial charge in [-0.25, -0.2) is 4.68 Å². The molecule has 0 spiro atoms. The van der Waals surface area contributed by atoms with Crippen LogP contribution in [0.2, 0.25) is 0 Å². The summed E-state index contributed by atoms with van der Waals surface area (Å²) in [6.07, 6.45) is 1.43. The van der Waals surface area contributed by atoms with Crippen molar-refractivity contribution in [1.82, 2.24) is 15.1 Å². The van der Waals surface area contributed by atoms with Crippen LogP contribution in [0.15, 0.2) is 84.9 Å². The predicted molar refractivity (Wildman–Crippen MR) is 137 cm³/mol. The lowest BCUT2D eigenvalue weighted by atomic mass is 9.94. The number of carbonyl (C=O) groups is 1. The maximum atomic E-state index is 13.5. The Balaban J connectivity index is 1.54. The Hall–Kier alpha value is -3.86. The summed E-state index contributed by atoms with van der Waals surface area (Å²) < 4.78 is 1.91. The molecule has 1 aliphatic rings. The van der Waals surface area contributed by atoms with E-state index in [1.165, 1.54) is 11.1 Å². The zero-order valence-electron chi connectivity index (χ0n) is 19.7. The number of carbonyl (C=O) groups excluding carboxylic acids is 1. The lowest BCUT2D eigenvalue weighted by molar-refractivity contribution is -0.125. The fraction of sp³-hybridized carbons (Fsp3) is 0.241. The molecule has 34 heavy (non-hydrogen) atoms. The third kappa shape index (κ3) is 4.34. The molecule has 0 saturated heterocycles. The molecule has 0 aliphatic carbocycles. The number of anilines is 1. The van der Waals surface area contributed by atoms with Crippen LogP contribution in [0.5, 0.6) is 0 Å². The van der Waals surface area contributed by atoms with Crippen LogP contribution >= 0.6 is 0 Å². The summed E-state index contributed by atoms with van der Waals surface area (Å²) in [6, 6.07) is 28.5. The average Bonchev–Trinajstić information content (AvgIpc) is 3.27. The summed E-state index contributed by atoms with van der Waals surface area (Å²) in [7, 11) is 0. The second-order valence-corrected chi connectivity index (χ2v) is 8.90. The molecular weight excluding hydrogens is 420 g/mol. The third-order valence-corrected chi connectivity index (χ3v) is 6.54. The second-order valence-electron chi connectivity index (χ2n) is 8.90. The Morgan fingerprint density at radius 1 is 1.00 bits per heavy atom. The molecule has 5 rings (SSSR count). The fourth-order valence-electron chi connectivity index (χ4n) is 4.69. The van der Waals surface area contributed by atoms with Gasteiger partial charge in [-0.05, 0) is 30.0 Å². The molecule has 1 amide bonds. The van der Waals surface area contributed by atoms with E-state index < -0.39 is 6.04 Å². The highest BCUT2D eigenvalue weighted by Crippen LogP contribution is 2.42. The van der Waals surface area contributed by atoms with Crippen LogP contribution in [-0.2, 0) is 17.8 Å². The zero-order valence-corrected chi connectivity index (χ0v) is 19.7. The molecular formula is C29H30N4O. The number of amides is 1. The molecule has 2 atom stereocenters. The zero-order chi connectivity index (χ0) is 23.5. The minimum absolute atomic E-state index is 0.00604. The summed E-state index contributed by atoms with van der Waals surface area (Å²) in [5, 5.41) is 11.8. The number of fused-ring (bicyclic) bond motifs is 1. The van der Waals surface area contributed by atoms with Crippen molar-refractivity contribution in [1.29, 1.82) is 0 Å². The molecule has 1 aliphatic heterocycles. The summed E-state index contributed by atoms with van der Waals surface area (Å²) in [6.45, 7) is 4.71. The number of nitrogens with zero attached hydrogens (tertiary/aromatic N) is 2. The van der Waals surface area contributed by atoms with Crippen LogP contribution in [0, 0.1) is 6.92 Å². The largest absolute Gasteiger partial charge is 0.363 e. The number of nitrogens with one attached hydrogen (secondary N) is 2.